The third-order valence-electron chi connectivity index (χ3n) is 2.18. The molecule has 0 atom stereocenters. The number of hydrogen-bond acceptors (Lipinski definition) is 4. The summed E-state index contributed by atoms with van der Waals surface area (Å²) in [6.07, 6.45) is -4.60. The Balaban J connectivity index is 2.41. The number of alkyl halides is 3. The van der Waals surface area contributed by atoms with Gasteiger partial charge in [-0.15, -0.1) is 0 Å². The van der Waals surface area contributed by atoms with Crippen molar-refractivity contribution in [1.82, 2.24) is 10.1 Å². The van der Waals surface area contributed by atoms with Crippen molar-refractivity contribution in [3.05, 3.63) is 35.5 Å². The van der Waals surface area contributed by atoms with E-state index in [1.54, 1.807) is 0 Å². The lowest BCUT2D eigenvalue weighted by molar-refractivity contribution is -0.137. The Labute approximate surface area is 98.4 Å². The summed E-state index contributed by atoms with van der Waals surface area (Å²) in [4.78, 5) is 3.73. The molecule has 0 fully saturated rings. The molecular weight excluding hydrogens is 254 g/mol. The highest BCUT2D eigenvalue weighted by Crippen LogP contribution is 2.32. The van der Waals surface area contributed by atoms with E-state index in [4.69, 9.17) is 5.73 Å². The number of nitrogens with two attached hydrogens (primary N) is 1. The van der Waals surface area contributed by atoms with Gasteiger partial charge in [0.25, 0.3) is 0 Å². The zero-order valence-corrected chi connectivity index (χ0v) is 8.83. The summed E-state index contributed by atoms with van der Waals surface area (Å²) in [6, 6.07) is 2.08. The van der Waals surface area contributed by atoms with Crippen molar-refractivity contribution < 1.29 is 22.1 Å². The molecule has 0 unspecified atom stereocenters. The minimum absolute atomic E-state index is 0.0325. The van der Waals surface area contributed by atoms with Crippen LogP contribution in [0.25, 0.3) is 11.4 Å². The van der Waals surface area contributed by atoms with Crippen molar-refractivity contribution in [3.63, 3.8) is 0 Å². The summed E-state index contributed by atoms with van der Waals surface area (Å²) in [5, 5.41) is 3.42. The van der Waals surface area contributed by atoms with Crippen LogP contribution in [0.3, 0.4) is 0 Å². The first-order valence-electron chi connectivity index (χ1n) is 4.81. The Morgan fingerprint density at radius 1 is 1.28 bits per heavy atom. The lowest BCUT2D eigenvalue weighted by Gasteiger charge is -2.07. The lowest BCUT2D eigenvalue weighted by atomic mass is 10.1. The van der Waals surface area contributed by atoms with Crippen molar-refractivity contribution in [2.45, 2.75) is 12.7 Å². The molecule has 0 aliphatic carbocycles. The van der Waals surface area contributed by atoms with Gasteiger partial charge in [-0.2, -0.15) is 18.2 Å². The third-order valence-corrected chi connectivity index (χ3v) is 2.18. The van der Waals surface area contributed by atoms with Gasteiger partial charge in [0.05, 0.1) is 17.7 Å². The van der Waals surface area contributed by atoms with Gasteiger partial charge >= 0.3 is 6.18 Å². The Morgan fingerprint density at radius 2 is 2.00 bits per heavy atom. The van der Waals surface area contributed by atoms with Gasteiger partial charge in [-0.05, 0) is 18.2 Å². The SMILES string of the molecule is NCc1nc(-c2ccc(C(F)(F)F)cc2F)no1. The van der Waals surface area contributed by atoms with E-state index >= 15 is 0 Å². The first kappa shape index (κ1) is 12.5. The molecular formula is C10H7F4N3O. The van der Waals surface area contributed by atoms with Crippen LogP contribution in [0.4, 0.5) is 17.6 Å². The smallest absolute Gasteiger partial charge is 0.338 e. The zero-order chi connectivity index (χ0) is 13.3. The van der Waals surface area contributed by atoms with E-state index in [0.717, 1.165) is 12.1 Å². The molecule has 2 rings (SSSR count). The number of aromatic nitrogens is 2. The Kier molecular flexibility index (Phi) is 3.04. The van der Waals surface area contributed by atoms with Gasteiger partial charge in [0.1, 0.15) is 5.82 Å². The molecule has 0 saturated heterocycles. The Hall–Kier alpha value is -1.96. The highest BCUT2D eigenvalue weighted by molar-refractivity contribution is 5.56. The number of halogens is 4. The maximum atomic E-state index is 13.5. The summed E-state index contributed by atoms with van der Waals surface area (Å²) < 4.78 is 55.2. The fourth-order valence-corrected chi connectivity index (χ4v) is 1.32. The number of benzene rings is 1. The predicted octanol–water partition coefficient (Wildman–Crippen LogP) is 2.35. The Morgan fingerprint density at radius 3 is 2.50 bits per heavy atom. The average Bonchev–Trinajstić information content (AvgIpc) is 2.76. The molecule has 0 bridgehead atoms. The van der Waals surface area contributed by atoms with Crippen LogP contribution in [0, 0.1) is 5.82 Å². The predicted molar refractivity (Wildman–Crippen MR) is 52.6 cm³/mol. The van der Waals surface area contributed by atoms with Gasteiger partial charge in [-0.25, -0.2) is 4.39 Å². The molecule has 1 aromatic heterocycles. The molecule has 2 aromatic rings. The maximum absolute atomic E-state index is 13.5. The topological polar surface area (TPSA) is 64.9 Å². The van der Waals surface area contributed by atoms with Gasteiger partial charge in [0.2, 0.25) is 11.7 Å². The average molecular weight is 261 g/mol. The molecule has 8 heteroatoms. The number of rotatable bonds is 2. The van der Waals surface area contributed by atoms with Gasteiger partial charge < -0.3 is 10.3 Å². The zero-order valence-electron chi connectivity index (χ0n) is 8.83. The molecule has 0 radical (unpaired) electrons. The van der Waals surface area contributed by atoms with Crippen LogP contribution in [0.2, 0.25) is 0 Å². The summed E-state index contributed by atoms with van der Waals surface area (Å²) in [5.41, 5.74) is 3.97. The molecule has 1 aromatic carbocycles. The van der Waals surface area contributed by atoms with E-state index in [9.17, 15) is 17.6 Å². The van der Waals surface area contributed by atoms with Gasteiger partial charge in [-0.1, -0.05) is 5.16 Å². The normalized spacial score (nSPS) is 11.8. The molecule has 0 amide bonds. The summed E-state index contributed by atoms with van der Waals surface area (Å²) in [7, 11) is 0. The quantitative estimate of drug-likeness (QED) is 0.843. The van der Waals surface area contributed by atoms with Crippen LogP contribution in [0.1, 0.15) is 11.5 Å². The summed E-state index contributed by atoms with van der Waals surface area (Å²) in [5.74, 6) is -1.14. The second-order valence-corrected chi connectivity index (χ2v) is 3.41. The van der Waals surface area contributed by atoms with Crippen LogP contribution in [0.15, 0.2) is 22.7 Å². The molecule has 0 aliphatic heterocycles. The first-order chi connectivity index (χ1) is 8.41. The molecule has 2 N–H and O–H groups in total. The number of hydrogen-bond donors (Lipinski definition) is 1. The van der Waals surface area contributed by atoms with E-state index < -0.39 is 17.6 Å². The van der Waals surface area contributed by atoms with Crippen LogP contribution >= 0.6 is 0 Å². The minimum atomic E-state index is -4.60. The van der Waals surface area contributed by atoms with Gasteiger partial charge in [-0.3, -0.25) is 0 Å². The third kappa shape index (κ3) is 2.33. The van der Waals surface area contributed by atoms with Crippen molar-refractivity contribution in [3.8, 4) is 11.4 Å². The molecule has 0 spiro atoms. The van der Waals surface area contributed by atoms with Crippen molar-refractivity contribution in [2.75, 3.05) is 0 Å². The highest BCUT2D eigenvalue weighted by Gasteiger charge is 2.31. The van der Waals surface area contributed by atoms with E-state index in [2.05, 4.69) is 14.7 Å². The standard InChI is InChI=1S/C10H7F4N3O/c11-7-3-5(10(12,13)14)1-2-6(7)9-16-8(4-15)18-17-9/h1-3H,4,15H2. The molecule has 4 nitrogen and oxygen atoms in total. The minimum Gasteiger partial charge on any atom is -0.338 e. The van der Waals surface area contributed by atoms with Crippen molar-refractivity contribution in [1.29, 1.82) is 0 Å². The highest BCUT2D eigenvalue weighted by atomic mass is 19.4. The molecule has 96 valence electrons. The van der Waals surface area contributed by atoms with Gasteiger partial charge in [0, 0.05) is 0 Å². The van der Waals surface area contributed by atoms with Crippen LogP contribution in [-0.4, -0.2) is 10.1 Å². The lowest BCUT2D eigenvalue weighted by Crippen LogP contribution is -2.05. The second kappa shape index (κ2) is 4.37. The van der Waals surface area contributed by atoms with E-state index in [0.29, 0.717) is 6.07 Å². The van der Waals surface area contributed by atoms with Crippen molar-refractivity contribution in [2.24, 2.45) is 5.73 Å². The van der Waals surface area contributed by atoms with Gasteiger partial charge in [0.15, 0.2) is 0 Å². The number of nitrogens with zero attached hydrogens (tertiary/aromatic N) is 2. The first-order valence-corrected chi connectivity index (χ1v) is 4.81. The summed E-state index contributed by atoms with van der Waals surface area (Å²) in [6.45, 7) is -0.0325. The summed E-state index contributed by atoms with van der Waals surface area (Å²) >= 11 is 0. The largest absolute Gasteiger partial charge is 0.416 e. The van der Waals surface area contributed by atoms with E-state index in [1.165, 1.54) is 0 Å². The van der Waals surface area contributed by atoms with Crippen LogP contribution in [0.5, 0.6) is 0 Å². The van der Waals surface area contributed by atoms with Crippen LogP contribution in [-0.2, 0) is 12.7 Å². The molecule has 0 aliphatic rings. The van der Waals surface area contributed by atoms with Crippen LogP contribution < -0.4 is 5.73 Å². The molecule has 0 saturated carbocycles. The van der Waals surface area contributed by atoms with E-state index in [-0.39, 0.29) is 23.8 Å². The maximum Gasteiger partial charge on any atom is 0.416 e. The fraction of sp³-hybridized carbons (Fsp3) is 0.200. The Bertz CT molecular complexity index is 564. The monoisotopic (exact) mass is 261 g/mol. The second-order valence-electron chi connectivity index (χ2n) is 3.41. The fourth-order valence-electron chi connectivity index (χ4n) is 1.32. The molecule has 1 heterocycles. The molecule has 18 heavy (non-hydrogen) atoms. The van der Waals surface area contributed by atoms with Crippen molar-refractivity contribution >= 4 is 0 Å². The van der Waals surface area contributed by atoms with E-state index in [1.807, 2.05) is 0 Å².